The molecule has 0 radical (unpaired) electrons. The van der Waals surface area contributed by atoms with E-state index in [2.05, 4.69) is 10.3 Å². The summed E-state index contributed by atoms with van der Waals surface area (Å²) < 4.78 is 7.07. The van der Waals surface area contributed by atoms with Crippen LogP contribution in [0.25, 0.3) is 0 Å². The van der Waals surface area contributed by atoms with Crippen LogP contribution in [0.5, 0.6) is 0 Å². The summed E-state index contributed by atoms with van der Waals surface area (Å²) in [7, 11) is 1.71. The maximum Gasteiger partial charge on any atom is 0.276 e. The number of amides is 1. The minimum absolute atomic E-state index is 0.00987. The molecule has 6 heteroatoms. The summed E-state index contributed by atoms with van der Waals surface area (Å²) in [5, 5.41) is 8.28. The third-order valence-electron chi connectivity index (χ3n) is 4.65. The van der Waals surface area contributed by atoms with Gasteiger partial charge in [0.1, 0.15) is 0 Å². The van der Waals surface area contributed by atoms with Crippen molar-refractivity contribution in [2.45, 2.75) is 44.6 Å². The van der Waals surface area contributed by atoms with Gasteiger partial charge < -0.3 is 9.64 Å². The highest BCUT2D eigenvalue weighted by molar-refractivity contribution is 5.92. The molecule has 2 fully saturated rings. The minimum Gasteiger partial charge on any atom is -0.384 e. The molecule has 2 aliphatic rings. The Labute approximate surface area is 125 Å². The Morgan fingerprint density at radius 1 is 1.33 bits per heavy atom. The van der Waals surface area contributed by atoms with Crippen molar-refractivity contribution >= 4 is 5.91 Å². The van der Waals surface area contributed by atoms with Gasteiger partial charge in [-0.05, 0) is 19.3 Å². The molecule has 1 aromatic rings. The van der Waals surface area contributed by atoms with Crippen LogP contribution < -0.4 is 0 Å². The van der Waals surface area contributed by atoms with E-state index in [1.54, 1.807) is 7.11 Å². The molecule has 1 saturated heterocycles. The zero-order valence-corrected chi connectivity index (χ0v) is 12.7. The first kappa shape index (κ1) is 14.5. The fraction of sp³-hybridized carbons (Fsp3) is 0.800. The van der Waals surface area contributed by atoms with Gasteiger partial charge >= 0.3 is 0 Å². The van der Waals surface area contributed by atoms with Gasteiger partial charge in [0.05, 0.1) is 18.8 Å². The molecule has 0 N–H and O–H groups in total. The van der Waals surface area contributed by atoms with Gasteiger partial charge in [-0.1, -0.05) is 24.5 Å². The summed E-state index contributed by atoms with van der Waals surface area (Å²) in [4.78, 5) is 14.3. The van der Waals surface area contributed by atoms with Crippen molar-refractivity contribution < 1.29 is 9.53 Å². The molecule has 2 heterocycles. The van der Waals surface area contributed by atoms with E-state index in [1.807, 2.05) is 15.8 Å². The maximum absolute atomic E-state index is 12.5. The van der Waals surface area contributed by atoms with Crippen LogP contribution >= 0.6 is 0 Å². The number of ether oxygens (including phenoxy) is 1. The number of hydrogen-bond donors (Lipinski definition) is 0. The van der Waals surface area contributed by atoms with Crippen LogP contribution in [0.2, 0.25) is 0 Å². The molecule has 0 aromatic carbocycles. The summed E-state index contributed by atoms with van der Waals surface area (Å²) >= 11 is 0. The SMILES string of the molecule is COC[C@H]1CCN(C(=O)c2cn(C3CCCCC3)nn2)C1. The normalized spacial score (nSPS) is 23.7. The van der Waals surface area contributed by atoms with E-state index in [-0.39, 0.29) is 5.91 Å². The van der Waals surface area contributed by atoms with Crippen molar-refractivity contribution in [2.24, 2.45) is 5.92 Å². The molecular formula is C15H24N4O2. The first-order chi connectivity index (χ1) is 10.3. The number of hydrogen-bond acceptors (Lipinski definition) is 4. The molecule has 1 aromatic heterocycles. The topological polar surface area (TPSA) is 60.2 Å². The molecular weight excluding hydrogens is 268 g/mol. The van der Waals surface area contributed by atoms with Crippen LogP contribution in [0, 0.1) is 5.92 Å². The second-order valence-corrected chi connectivity index (χ2v) is 6.24. The van der Waals surface area contributed by atoms with Crippen molar-refractivity contribution in [3.05, 3.63) is 11.9 Å². The Morgan fingerprint density at radius 2 is 2.14 bits per heavy atom. The molecule has 0 unspecified atom stereocenters. The smallest absolute Gasteiger partial charge is 0.276 e. The van der Waals surface area contributed by atoms with Crippen molar-refractivity contribution in [2.75, 3.05) is 26.8 Å². The monoisotopic (exact) mass is 292 g/mol. The van der Waals surface area contributed by atoms with E-state index >= 15 is 0 Å². The molecule has 1 amide bonds. The number of carbonyl (C=O) groups is 1. The van der Waals surface area contributed by atoms with Crippen molar-refractivity contribution in [3.8, 4) is 0 Å². The van der Waals surface area contributed by atoms with Crippen LogP contribution in [0.3, 0.4) is 0 Å². The lowest BCUT2D eigenvalue weighted by atomic mass is 9.96. The number of nitrogens with zero attached hydrogens (tertiary/aromatic N) is 4. The third-order valence-corrected chi connectivity index (χ3v) is 4.65. The van der Waals surface area contributed by atoms with E-state index in [0.29, 0.717) is 17.7 Å². The Balaban J connectivity index is 1.61. The molecule has 1 atom stereocenters. The van der Waals surface area contributed by atoms with Gasteiger partial charge in [-0.15, -0.1) is 5.10 Å². The predicted molar refractivity (Wildman–Crippen MR) is 78.0 cm³/mol. The van der Waals surface area contributed by atoms with Crippen LogP contribution in [0.4, 0.5) is 0 Å². The minimum atomic E-state index is 0.00987. The second-order valence-electron chi connectivity index (χ2n) is 6.24. The van der Waals surface area contributed by atoms with Crippen LogP contribution in [-0.2, 0) is 4.74 Å². The van der Waals surface area contributed by atoms with Gasteiger partial charge in [-0.25, -0.2) is 4.68 Å². The van der Waals surface area contributed by atoms with Gasteiger partial charge in [0.25, 0.3) is 5.91 Å². The Hall–Kier alpha value is -1.43. The predicted octanol–water partition coefficient (Wildman–Crippen LogP) is 1.89. The van der Waals surface area contributed by atoms with Gasteiger partial charge in [0, 0.05) is 26.1 Å². The molecule has 0 bridgehead atoms. The first-order valence-electron chi connectivity index (χ1n) is 7.98. The van der Waals surface area contributed by atoms with Crippen molar-refractivity contribution in [1.82, 2.24) is 19.9 Å². The average Bonchev–Trinajstić information content (AvgIpc) is 3.17. The number of likely N-dealkylation sites (tertiary alicyclic amines) is 1. The number of carbonyl (C=O) groups excluding carboxylic acids is 1. The molecule has 0 spiro atoms. The van der Waals surface area contributed by atoms with Crippen molar-refractivity contribution in [1.29, 1.82) is 0 Å². The first-order valence-corrected chi connectivity index (χ1v) is 7.98. The molecule has 1 aliphatic heterocycles. The second kappa shape index (κ2) is 6.56. The summed E-state index contributed by atoms with van der Waals surface area (Å²) in [6, 6.07) is 0.424. The average molecular weight is 292 g/mol. The van der Waals surface area contributed by atoms with Gasteiger partial charge in [0.15, 0.2) is 5.69 Å². The van der Waals surface area contributed by atoms with Crippen LogP contribution in [0.1, 0.15) is 55.1 Å². The van der Waals surface area contributed by atoms with Gasteiger partial charge in [0.2, 0.25) is 0 Å². The highest BCUT2D eigenvalue weighted by Crippen LogP contribution is 2.27. The van der Waals surface area contributed by atoms with Gasteiger partial charge in [-0.2, -0.15) is 0 Å². The molecule has 1 saturated carbocycles. The zero-order chi connectivity index (χ0) is 14.7. The van der Waals surface area contributed by atoms with E-state index in [4.69, 9.17) is 4.74 Å². The van der Waals surface area contributed by atoms with E-state index in [9.17, 15) is 4.79 Å². The lowest BCUT2D eigenvalue weighted by Crippen LogP contribution is -2.29. The van der Waals surface area contributed by atoms with Gasteiger partial charge in [-0.3, -0.25) is 4.79 Å². The summed E-state index contributed by atoms with van der Waals surface area (Å²) in [6.07, 6.45) is 8.95. The fourth-order valence-electron chi connectivity index (χ4n) is 3.45. The zero-order valence-electron chi connectivity index (χ0n) is 12.7. The molecule has 3 rings (SSSR count). The lowest BCUT2D eigenvalue weighted by Gasteiger charge is -2.21. The lowest BCUT2D eigenvalue weighted by molar-refractivity contribution is 0.0769. The Morgan fingerprint density at radius 3 is 2.90 bits per heavy atom. The molecule has 21 heavy (non-hydrogen) atoms. The molecule has 6 nitrogen and oxygen atoms in total. The quantitative estimate of drug-likeness (QED) is 0.850. The third kappa shape index (κ3) is 3.26. The molecule has 116 valence electrons. The largest absolute Gasteiger partial charge is 0.384 e. The van der Waals surface area contributed by atoms with E-state index in [1.165, 1.54) is 19.3 Å². The number of rotatable bonds is 4. The summed E-state index contributed by atoms with van der Waals surface area (Å²) in [5.41, 5.74) is 0.485. The highest BCUT2D eigenvalue weighted by Gasteiger charge is 2.29. The standard InChI is InChI=1S/C15H24N4O2/c1-21-11-12-7-8-18(9-12)15(20)14-10-19(17-16-14)13-5-3-2-4-6-13/h10,12-13H,2-9,11H2,1H3/t12-/m0/s1. The van der Waals surface area contributed by atoms with E-state index < -0.39 is 0 Å². The molecule has 1 aliphatic carbocycles. The Bertz CT molecular complexity index is 482. The number of aromatic nitrogens is 3. The summed E-state index contributed by atoms with van der Waals surface area (Å²) in [6.45, 7) is 2.28. The van der Waals surface area contributed by atoms with Crippen LogP contribution in [-0.4, -0.2) is 52.6 Å². The Kier molecular flexibility index (Phi) is 4.53. The summed E-state index contributed by atoms with van der Waals surface area (Å²) in [5.74, 6) is 0.461. The fourth-order valence-corrected chi connectivity index (χ4v) is 3.45. The maximum atomic E-state index is 12.5. The van der Waals surface area contributed by atoms with Crippen LogP contribution in [0.15, 0.2) is 6.20 Å². The van der Waals surface area contributed by atoms with E-state index in [0.717, 1.165) is 39.0 Å². The number of methoxy groups -OCH3 is 1. The highest BCUT2D eigenvalue weighted by atomic mass is 16.5. The van der Waals surface area contributed by atoms with Crippen molar-refractivity contribution in [3.63, 3.8) is 0 Å².